The summed E-state index contributed by atoms with van der Waals surface area (Å²) in [6.45, 7) is 6.14. The van der Waals surface area contributed by atoms with Gasteiger partial charge in [0.1, 0.15) is 0 Å². The lowest BCUT2D eigenvalue weighted by Crippen LogP contribution is -1.77. The van der Waals surface area contributed by atoms with Crippen LogP contribution < -0.4 is 0 Å². The minimum atomic E-state index is 1.09. The van der Waals surface area contributed by atoms with Crippen molar-refractivity contribution in [3.05, 3.63) is 31.2 Å². The number of unbranched alkanes of at least 4 members (excludes halogenated alkanes) is 10. The van der Waals surface area contributed by atoms with Crippen molar-refractivity contribution in [1.82, 2.24) is 0 Å². The number of hydrogen-bond donors (Lipinski definition) is 0. The molecule has 0 amide bonds. The van der Waals surface area contributed by atoms with Gasteiger partial charge in [-0.05, 0) is 32.1 Å². The first kappa shape index (κ1) is 18.5. The van der Waals surface area contributed by atoms with Gasteiger partial charge in [-0.3, -0.25) is 0 Å². The monoisotopic (exact) mass is 263 g/mol. The van der Waals surface area contributed by atoms with E-state index in [1.54, 1.807) is 0 Å². The number of allylic oxidation sites excluding steroid dienone is 4. The molecule has 111 valence electrons. The predicted octanol–water partition coefficient (Wildman–Crippen LogP) is 7.02. The maximum atomic E-state index is 3.86. The van der Waals surface area contributed by atoms with Gasteiger partial charge >= 0.3 is 0 Å². The molecule has 0 aliphatic rings. The third kappa shape index (κ3) is 17.5. The smallest absolute Gasteiger partial charge is 0.0169 e. The zero-order valence-electron chi connectivity index (χ0n) is 13.2. The van der Waals surface area contributed by atoms with Crippen molar-refractivity contribution in [3.8, 4) is 0 Å². The Balaban J connectivity index is 3.14. The van der Waals surface area contributed by atoms with Crippen LogP contribution in [-0.2, 0) is 0 Å². The molecule has 0 unspecified atom stereocenters. The van der Waals surface area contributed by atoms with Crippen LogP contribution in [0.2, 0.25) is 0 Å². The van der Waals surface area contributed by atoms with Crippen molar-refractivity contribution >= 4 is 0 Å². The van der Waals surface area contributed by atoms with Gasteiger partial charge in [0.2, 0.25) is 0 Å². The molecule has 0 heterocycles. The molecule has 0 N–H and O–H groups in total. The molecule has 19 heavy (non-hydrogen) atoms. The summed E-state index contributed by atoms with van der Waals surface area (Å²) in [6, 6.07) is 0. The van der Waals surface area contributed by atoms with E-state index >= 15 is 0 Å². The van der Waals surface area contributed by atoms with E-state index in [0.717, 1.165) is 12.8 Å². The van der Waals surface area contributed by atoms with E-state index < -0.39 is 0 Å². The molecule has 0 bridgehead atoms. The van der Waals surface area contributed by atoms with Crippen molar-refractivity contribution in [2.75, 3.05) is 0 Å². The van der Waals surface area contributed by atoms with Crippen LogP contribution in [0.1, 0.15) is 90.4 Å². The van der Waals surface area contributed by atoms with Crippen molar-refractivity contribution in [2.24, 2.45) is 0 Å². The molecule has 0 atom stereocenters. The zero-order chi connectivity index (χ0) is 14.0. The van der Waals surface area contributed by atoms with Crippen LogP contribution in [0.3, 0.4) is 0 Å². The number of hydrogen-bond acceptors (Lipinski definition) is 0. The van der Waals surface area contributed by atoms with E-state index in [9.17, 15) is 0 Å². The van der Waals surface area contributed by atoms with Crippen molar-refractivity contribution in [2.45, 2.75) is 90.4 Å². The molecule has 0 nitrogen and oxygen atoms in total. The molecule has 0 aromatic rings. The van der Waals surface area contributed by atoms with Crippen LogP contribution in [0.25, 0.3) is 0 Å². The first-order valence-electron chi connectivity index (χ1n) is 8.51. The largest absolute Gasteiger partial charge is 0.0882 e. The fourth-order valence-corrected chi connectivity index (χ4v) is 2.16. The molecule has 0 saturated carbocycles. The molecule has 1 radical (unpaired) electrons. The van der Waals surface area contributed by atoms with Crippen molar-refractivity contribution < 1.29 is 0 Å². The Morgan fingerprint density at radius 1 is 0.632 bits per heavy atom. The van der Waals surface area contributed by atoms with E-state index in [0.29, 0.717) is 0 Å². The predicted molar refractivity (Wildman–Crippen MR) is 89.3 cm³/mol. The topological polar surface area (TPSA) is 0 Å². The van der Waals surface area contributed by atoms with Crippen LogP contribution in [-0.4, -0.2) is 0 Å². The highest BCUT2D eigenvalue weighted by atomic mass is 13.9. The first-order chi connectivity index (χ1) is 9.41. The average molecular weight is 263 g/mol. The van der Waals surface area contributed by atoms with Crippen molar-refractivity contribution in [3.63, 3.8) is 0 Å². The minimum Gasteiger partial charge on any atom is -0.0882 e. The minimum absolute atomic E-state index is 1.09. The lowest BCUT2D eigenvalue weighted by molar-refractivity contribution is 0.611. The van der Waals surface area contributed by atoms with Gasteiger partial charge in [-0.1, -0.05) is 89.5 Å². The van der Waals surface area contributed by atoms with Crippen LogP contribution in [0.5, 0.6) is 0 Å². The van der Waals surface area contributed by atoms with Gasteiger partial charge in [0.15, 0.2) is 0 Å². The summed E-state index contributed by atoms with van der Waals surface area (Å²) >= 11 is 0. The Bertz CT molecular complexity index is 200. The maximum absolute atomic E-state index is 3.86. The first-order valence-corrected chi connectivity index (χ1v) is 8.51. The second kappa shape index (κ2) is 17.5. The van der Waals surface area contributed by atoms with E-state index in [4.69, 9.17) is 0 Å². The lowest BCUT2D eigenvalue weighted by Gasteiger charge is -1.97. The van der Waals surface area contributed by atoms with Crippen LogP contribution >= 0.6 is 0 Å². The summed E-state index contributed by atoms with van der Waals surface area (Å²) in [5, 5.41) is 0. The van der Waals surface area contributed by atoms with Crippen LogP contribution in [0, 0.1) is 6.92 Å². The highest BCUT2D eigenvalue weighted by Crippen LogP contribution is 2.07. The fraction of sp³-hybridized carbons (Fsp3) is 0.737. The van der Waals surface area contributed by atoms with Crippen LogP contribution in [0.4, 0.5) is 0 Å². The molecule has 0 fully saturated rings. The summed E-state index contributed by atoms with van der Waals surface area (Å²) in [5.41, 5.74) is 0. The Kier molecular flexibility index (Phi) is 17.0. The SMILES string of the molecule is [CH2]CCCCCC=CCC=CCCCCCCCC. The Hall–Kier alpha value is -0.520. The molecule has 0 spiro atoms. The van der Waals surface area contributed by atoms with Gasteiger partial charge in [-0.15, -0.1) is 0 Å². The molecular formula is C19H35. The Morgan fingerprint density at radius 2 is 1.16 bits per heavy atom. The summed E-state index contributed by atoms with van der Waals surface area (Å²) in [7, 11) is 0. The molecular weight excluding hydrogens is 228 g/mol. The third-order valence-corrected chi connectivity index (χ3v) is 3.45. The van der Waals surface area contributed by atoms with Crippen molar-refractivity contribution in [1.29, 1.82) is 0 Å². The molecule has 0 aliphatic carbocycles. The molecule has 0 saturated heterocycles. The average Bonchev–Trinajstić information content (AvgIpc) is 2.43. The quantitative estimate of drug-likeness (QED) is 0.233. The van der Waals surface area contributed by atoms with E-state index in [1.807, 2.05) is 0 Å². The summed E-state index contributed by atoms with van der Waals surface area (Å²) in [5.74, 6) is 0. The van der Waals surface area contributed by atoms with E-state index in [2.05, 4.69) is 38.2 Å². The van der Waals surface area contributed by atoms with Crippen LogP contribution in [0.15, 0.2) is 24.3 Å². The second-order valence-corrected chi connectivity index (χ2v) is 5.44. The Morgan fingerprint density at radius 3 is 1.74 bits per heavy atom. The normalized spacial score (nSPS) is 11.9. The zero-order valence-corrected chi connectivity index (χ0v) is 13.2. The summed E-state index contributed by atoms with van der Waals surface area (Å²) in [4.78, 5) is 0. The second-order valence-electron chi connectivity index (χ2n) is 5.44. The number of rotatable bonds is 14. The van der Waals surface area contributed by atoms with Gasteiger partial charge in [0, 0.05) is 0 Å². The highest BCUT2D eigenvalue weighted by molar-refractivity contribution is 4.92. The molecule has 0 aromatic heterocycles. The third-order valence-electron chi connectivity index (χ3n) is 3.45. The molecule has 0 heteroatoms. The molecule has 0 aromatic carbocycles. The summed E-state index contributed by atoms with van der Waals surface area (Å²) < 4.78 is 0. The fourth-order valence-electron chi connectivity index (χ4n) is 2.16. The molecule has 0 aliphatic heterocycles. The Labute approximate surface area is 122 Å². The van der Waals surface area contributed by atoms with Gasteiger partial charge < -0.3 is 0 Å². The van der Waals surface area contributed by atoms with Gasteiger partial charge in [0.25, 0.3) is 0 Å². The lowest BCUT2D eigenvalue weighted by atomic mass is 10.1. The standard InChI is InChI=1S/C19H35/c1-3-5-7-9-11-13-15-17-19-18-16-14-12-10-8-6-4-2/h13,15,18-19H,1,3-12,14,16-17H2,2H3. The van der Waals surface area contributed by atoms with Gasteiger partial charge in [-0.25, -0.2) is 0 Å². The molecule has 0 rings (SSSR count). The van der Waals surface area contributed by atoms with Gasteiger partial charge in [0.05, 0.1) is 0 Å². The highest BCUT2D eigenvalue weighted by Gasteiger charge is 1.87. The maximum Gasteiger partial charge on any atom is -0.0169 e. The van der Waals surface area contributed by atoms with Gasteiger partial charge in [-0.2, -0.15) is 0 Å². The van der Waals surface area contributed by atoms with E-state index in [-0.39, 0.29) is 0 Å². The van der Waals surface area contributed by atoms with E-state index in [1.165, 1.54) is 70.6 Å². The summed E-state index contributed by atoms with van der Waals surface area (Å²) in [6.07, 6.45) is 26.4.